The van der Waals surface area contributed by atoms with Crippen molar-refractivity contribution in [2.24, 2.45) is 22.7 Å². The highest BCUT2D eigenvalue weighted by molar-refractivity contribution is 7.60. The van der Waals surface area contributed by atoms with Crippen molar-refractivity contribution >= 4 is 15.6 Å². The van der Waals surface area contributed by atoms with Gasteiger partial charge in [0.25, 0.3) is 0 Å². The number of phosphoric acid groups is 2. The van der Waals surface area contributed by atoms with E-state index in [-0.39, 0.29) is 12.0 Å². The second-order valence-corrected chi connectivity index (χ2v) is 12.4. The molecule has 0 amide bonds. The van der Waals surface area contributed by atoms with Crippen LogP contribution in [-0.4, -0.2) is 21.3 Å². The lowest BCUT2D eigenvalue weighted by atomic mass is 9.47. The van der Waals surface area contributed by atoms with Crippen molar-refractivity contribution in [2.75, 3.05) is 6.61 Å². The van der Waals surface area contributed by atoms with E-state index in [1.807, 2.05) is 6.92 Å². The third-order valence-electron chi connectivity index (χ3n) is 7.03. The molecule has 7 nitrogen and oxygen atoms in total. The predicted molar refractivity (Wildman–Crippen MR) is 113 cm³/mol. The van der Waals surface area contributed by atoms with E-state index in [4.69, 9.17) is 9.79 Å². The molecule has 0 aliphatic heterocycles. The molecule has 0 bridgehead atoms. The summed E-state index contributed by atoms with van der Waals surface area (Å²) in [5, 5.41) is 0. The van der Waals surface area contributed by atoms with Gasteiger partial charge in [0.1, 0.15) is 0 Å². The van der Waals surface area contributed by atoms with E-state index in [1.54, 1.807) is 6.08 Å². The summed E-state index contributed by atoms with van der Waals surface area (Å²) in [4.78, 5) is 26.6. The Kier molecular flexibility index (Phi) is 7.83. The van der Waals surface area contributed by atoms with E-state index in [2.05, 4.69) is 36.2 Å². The summed E-state index contributed by atoms with van der Waals surface area (Å²) in [5.41, 5.74) is 2.94. The molecule has 2 aliphatic rings. The molecule has 9 heteroatoms. The predicted octanol–water partition coefficient (Wildman–Crippen LogP) is 5.74. The van der Waals surface area contributed by atoms with Gasteiger partial charge in [-0.05, 0) is 68.1 Å². The first kappa shape index (κ1) is 25.0. The number of hydrogen-bond acceptors (Lipinski definition) is 4. The standard InChI is InChI=1S/C20H36O7P2/c1-15(11-14-26-29(24,25)27-28(21,22)23)7-9-17-16(2)8-10-18-19(3,4)12-6-13-20(17,18)5/h11,17-18H,2,6-10,12-14H2,1,3-5H3,(H,24,25)(H2,21,22,23)/b15-11+/t17-,18-,20-/m1/s1. The van der Waals surface area contributed by atoms with Crippen molar-refractivity contribution < 1.29 is 32.6 Å². The summed E-state index contributed by atoms with van der Waals surface area (Å²) in [6.07, 6.45) is 9.48. The molecule has 2 aliphatic carbocycles. The molecular formula is C20H36O7P2. The van der Waals surface area contributed by atoms with Crippen molar-refractivity contribution in [2.45, 2.75) is 72.6 Å². The summed E-state index contributed by atoms with van der Waals surface area (Å²) in [6, 6.07) is 0. The average molecular weight is 450 g/mol. The minimum absolute atomic E-state index is 0.252. The molecule has 0 spiro atoms. The number of hydrogen-bond donors (Lipinski definition) is 3. The molecule has 0 aromatic rings. The quantitative estimate of drug-likeness (QED) is 0.319. The summed E-state index contributed by atoms with van der Waals surface area (Å²) >= 11 is 0. The van der Waals surface area contributed by atoms with Gasteiger partial charge in [-0.15, -0.1) is 0 Å². The van der Waals surface area contributed by atoms with E-state index >= 15 is 0 Å². The van der Waals surface area contributed by atoms with Gasteiger partial charge in [0.15, 0.2) is 0 Å². The Labute approximate surface area is 174 Å². The molecule has 0 aromatic heterocycles. The highest BCUT2D eigenvalue weighted by Gasteiger charge is 2.52. The van der Waals surface area contributed by atoms with E-state index in [0.717, 1.165) is 24.8 Å². The summed E-state index contributed by atoms with van der Waals surface area (Å²) < 4.78 is 30.6. The largest absolute Gasteiger partial charge is 0.481 e. The Bertz CT molecular complexity index is 739. The fourth-order valence-corrected chi connectivity index (χ4v) is 7.24. The van der Waals surface area contributed by atoms with Gasteiger partial charge in [0.05, 0.1) is 6.61 Å². The van der Waals surface area contributed by atoms with Crippen molar-refractivity contribution in [3.8, 4) is 0 Å². The SMILES string of the molecule is C=C1CC[C@@H]2C(C)(C)CCC[C@]2(C)[C@@H]1CC/C(C)=C/COP(=O)(O)OP(=O)(O)O. The van der Waals surface area contributed by atoms with Crippen molar-refractivity contribution in [1.29, 1.82) is 0 Å². The van der Waals surface area contributed by atoms with Gasteiger partial charge in [-0.2, -0.15) is 4.31 Å². The topological polar surface area (TPSA) is 113 Å². The minimum Gasteiger partial charge on any atom is -0.302 e. The maximum Gasteiger partial charge on any atom is 0.481 e. The maximum atomic E-state index is 11.5. The Morgan fingerprint density at radius 3 is 2.52 bits per heavy atom. The molecule has 3 N–H and O–H groups in total. The van der Waals surface area contributed by atoms with Crippen LogP contribution in [-0.2, 0) is 18.0 Å². The summed E-state index contributed by atoms with van der Waals surface area (Å²) in [7, 11) is -9.88. The summed E-state index contributed by atoms with van der Waals surface area (Å²) in [5.74, 6) is 1.14. The molecule has 4 atom stereocenters. The van der Waals surface area contributed by atoms with E-state index in [1.165, 1.54) is 31.3 Å². The van der Waals surface area contributed by atoms with Crippen LogP contribution in [0, 0.1) is 22.7 Å². The van der Waals surface area contributed by atoms with Gasteiger partial charge in [-0.25, -0.2) is 9.13 Å². The van der Waals surface area contributed by atoms with Crippen LogP contribution in [0.2, 0.25) is 0 Å². The molecule has 1 unspecified atom stereocenters. The lowest BCUT2D eigenvalue weighted by molar-refractivity contribution is -0.0539. The highest BCUT2D eigenvalue weighted by Crippen LogP contribution is 2.62. The monoisotopic (exact) mass is 450 g/mol. The fraction of sp³-hybridized carbons (Fsp3) is 0.800. The van der Waals surface area contributed by atoms with Crippen LogP contribution in [0.1, 0.15) is 72.6 Å². The van der Waals surface area contributed by atoms with Gasteiger partial charge in [-0.1, -0.05) is 51.0 Å². The lowest BCUT2D eigenvalue weighted by Gasteiger charge is -2.58. The molecule has 2 fully saturated rings. The van der Waals surface area contributed by atoms with Crippen molar-refractivity contribution in [3.63, 3.8) is 0 Å². The van der Waals surface area contributed by atoms with E-state index < -0.39 is 15.6 Å². The molecule has 168 valence electrons. The molecule has 0 heterocycles. The van der Waals surface area contributed by atoms with E-state index in [9.17, 15) is 14.0 Å². The van der Waals surface area contributed by atoms with Gasteiger partial charge in [0.2, 0.25) is 0 Å². The van der Waals surface area contributed by atoms with Crippen LogP contribution >= 0.6 is 15.6 Å². The first-order valence-electron chi connectivity index (χ1n) is 10.2. The zero-order valence-corrected chi connectivity index (χ0v) is 19.8. The zero-order valence-electron chi connectivity index (χ0n) is 18.0. The Balaban J connectivity index is 1.97. The third-order valence-corrected chi connectivity index (χ3v) is 9.18. The van der Waals surface area contributed by atoms with Crippen molar-refractivity contribution in [1.82, 2.24) is 0 Å². The highest BCUT2D eigenvalue weighted by atomic mass is 31.3. The molecule has 2 rings (SSSR count). The van der Waals surface area contributed by atoms with Gasteiger partial charge in [-0.3, -0.25) is 4.52 Å². The van der Waals surface area contributed by atoms with Crippen LogP contribution in [0.3, 0.4) is 0 Å². The smallest absolute Gasteiger partial charge is 0.302 e. The second-order valence-electron chi connectivity index (χ2n) is 9.58. The molecular weight excluding hydrogens is 414 g/mol. The number of allylic oxidation sites excluding steroid dienone is 2. The number of rotatable bonds is 8. The van der Waals surface area contributed by atoms with Crippen LogP contribution in [0.25, 0.3) is 0 Å². The number of fused-ring (bicyclic) bond motifs is 1. The Hall–Kier alpha value is -0.260. The van der Waals surface area contributed by atoms with Crippen LogP contribution in [0.5, 0.6) is 0 Å². The average Bonchev–Trinajstić information content (AvgIpc) is 2.50. The first-order chi connectivity index (χ1) is 13.2. The van der Waals surface area contributed by atoms with Gasteiger partial charge < -0.3 is 14.7 Å². The maximum absolute atomic E-state index is 11.5. The van der Waals surface area contributed by atoms with Crippen LogP contribution < -0.4 is 0 Å². The normalized spacial score (nSPS) is 32.5. The van der Waals surface area contributed by atoms with Gasteiger partial charge in [0, 0.05) is 0 Å². The second kappa shape index (κ2) is 9.08. The summed E-state index contributed by atoms with van der Waals surface area (Å²) in [6.45, 7) is 13.3. The Morgan fingerprint density at radius 2 is 1.90 bits per heavy atom. The fourth-order valence-electron chi connectivity index (χ4n) is 5.71. The van der Waals surface area contributed by atoms with Crippen LogP contribution in [0.4, 0.5) is 0 Å². The molecule has 2 saturated carbocycles. The molecule has 0 radical (unpaired) electrons. The van der Waals surface area contributed by atoms with Crippen molar-refractivity contribution in [3.05, 3.63) is 23.8 Å². The lowest BCUT2D eigenvalue weighted by Crippen LogP contribution is -2.49. The Morgan fingerprint density at radius 1 is 1.24 bits per heavy atom. The van der Waals surface area contributed by atoms with E-state index in [0.29, 0.717) is 17.3 Å². The van der Waals surface area contributed by atoms with Gasteiger partial charge >= 0.3 is 15.6 Å². The third kappa shape index (κ3) is 6.61. The number of phosphoric ester groups is 1. The molecule has 0 aromatic carbocycles. The molecule has 29 heavy (non-hydrogen) atoms. The first-order valence-corrected chi connectivity index (χ1v) is 13.3. The van der Waals surface area contributed by atoms with Crippen LogP contribution in [0.15, 0.2) is 23.8 Å². The molecule has 0 saturated heterocycles. The zero-order chi connectivity index (χ0) is 22.1. The minimum atomic E-state index is -5.09.